The molecule has 1 heterocycles. The Morgan fingerprint density at radius 3 is 2.55 bits per heavy atom. The fourth-order valence-corrected chi connectivity index (χ4v) is 2.22. The van der Waals surface area contributed by atoms with Crippen LogP contribution in [0.1, 0.15) is 25.0 Å². The van der Waals surface area contributed by atoms with Gasteiger partial charge in [-0.05, 0) is 58.4 Å². The number of nitrogens with two attached hydrogens (primary N) is 2. The molecular formula is C14H30N6. The van der Waals surface area contributed by atoms with E-state index < -0.39 is 0 Å². The third-order valence-corrected chi connectivity index (χ3v) is 3.30. The Kier molecular flexibility index (Phi) is 10.1. The van der Waals surface area contributed by atoms with E-state index in [2.05, 4.69) is 20.2 Å². The number of H-pyrrole nitrogens is 1. The molecule has 116 valence electrons. The molecule has 0 saturated carbocycles. The summed E-state index contributed by atoms with van der Waals surface area (Å²) >= 11 is 0. The van der Waals surface area contributed by atoms with Crippen LogP contribution in [0.15, 0.2) is 12.5 Å². The number of imidazole rings is 1. The van der Waals surface area contributed by atoms with Crippen molar-refractivity contribution in [3.8, 4) is 0 Å². The molecule has 6 N–H and O–H groups in total. The first-order valence-electron chi connectivity index (χ1n) is 7.67. The maximum atomic E-state index is 5.61. The number of aryl methyl sites for hydroxylation is 1. The van der Waals surface area contributed by atoms with Gasteiger partial charge in [0.15, 0.2) is 0 Å². The smallest absolute Gasteiger partial charge is 0.0921 e. The Morgan fingerprint density at radius 2 is 1.85 bits per heavy atom. The number of hydrogen-bond donors (Lipinski definition) is 4. The maximum Gasteiger partial charge on any atom is 0.0921 e. The predicted molar refractivity (Wildman–Crippen MR) is 83.6 cm³/mol. The number of nitrogens with zero attached hydrogens (tertiary/aromatic N) is 2. The molecule has 0 spiro atoms. The molecule has 0 aliphatic rings. The zero-order valence-corrected chi connectivity index (χ0v) is 12.5. The molecule has 0 bridgehead atoms. The van der Waals surface area contributed by atoms with Gasteiger partial charge >= 0.3 is 0 Å². The normalized spacial score (nSPS) is 11.3. The topological polar surface area (TPSA) is 96.0 Å². The molecule has 1 aromatic rings. The molecule has 0 fully saturated rings. The van der Waals surface area contributed by atoms with E-state index in [0.29, 0.717) is 6.54 Å². The SMILES string of the molecule is NCCCN(CCCNCCN)CCCc1cnc[nH]1. The van der Waals surface area contributed by atoms with Crippen LogP contribution >= 0.6 is 0 Å². The molecular weight excluding hydrogens is 252 g/mol. The lowest BCUT2D eigenvalue weighted by molar-refractivity contribution is 0.264. The van der Waals surface area contributed by atoms with E-state index >= 15 is 0 Å². The molecule has 0 atom stereocenters. The number of aromatic nitrogens is 2. The highest BCUT2D eigenvalue weighted by atomic mass is 15.1. The highest BCUT2D eigenvalue weighted by Crippen LogP contribution is 2.01. The van der Waals surface area contributed by atoms with E-state index in [9.17, 15) is 0 Å². The van der Waals surface area contributed by atoms with E-state index in [0.717, 1.165) is 65.0 Å². The van der Waals surface area contributed by atoms with Crippen LogP contribution in [0.2, 0.25) is 0 Å². The molecule has 0 unspecified atom stereocenters. The first-order valence-corrected chi connectivity index (χ1v) is 7.67. The number of hydrogen-bond acceptors (Lipinski definition) is 5. The van der Waals surface area contributed by atoms with Crippen LogP contribution in [-0.2, 0) is 6.42 Å². The summed E-state index contributed by atoms with van der Waals surface area (Å²) in [5.41, 5.74) is 12.3. The molecule has 1 rings (SSSR count). The average molecular weight is 282 g/mol. The molecule has 0 saturated heterocycles. The summed E-state index contributed by atoms with van der Waals surface area (Å²) in [5, 5.41) is 3.34. The van der Waals surface area contributed by atoms with Gasteiger partial charge in [-0.3, -0.25) is 0 Å². The molecule has 0 radical (unpaired) electrons. The molecule has 0 aliphatic heterocycles. The second-order valence-corrected chi connectivity index (χ2v) is 5.06. The zero-order valence-electron chi connectivity index (χ0n) is 12.5. The van der Waals surface area contributed by atoms with Gasteiger partial charge in [-0.2, -0.15) is 0 Å². The second kappa shape index (κ2) is 11.8. The van der Waals surface area contributed by atoms with Gasteiger partial charge in [0.05, 0.1) is 6.33 Å². The average Bonchev–Trinajstić information content (AvgIpc) is 2.97. The summed E-state index contributed by atoms with van der Waals surface area (Å²) in [6.07, 6.45) is 8.09. The van der Waals surface area contributed by atoms with Crippen LogP contribution in [0, 0.1) is 0 Å². The third kappa shape index (κ3) is 8.27. The number of rotatable bonds is 13. The van der Waals surface area contributed by atoms with E-state index in [1.807, 2.05) is 6.20 Å². The molecule has 1 aromatic heterocycles. The van der Waals surface area contributed by atoms with Crippen molar-refractivity contribution >= 4 is 0 Å². The van der Waals surface area contributed by atoms with E-state index in [1.54, 1.807) is 6.33 Å². The Labute approximate surface area is 122 Å². The molecule has 20 heavy (non-hydrogen) atoms. The van der Waals surface area contributed by atoms with Gasteiger partial charge in [-0.15, -0.1) is 0 Å². The van der Waals surface area contributed by atoms with E-state index in [4.69, 9.17) is 11.5 Å². The molecule has 0 aromatic carbocycles. The lowest BCUT2D eigenvalue weighted by Gasteiger charge is -2.22. The van der Waals surface area contributed by atoms with Crippen molar-refractivity contribution in [3.05, 3.63) is 18.2 Å². The van der Waals surface area contributed by atoms with Crippen molar-refractivity contribution < 1.29 is 0 Å². The van der Waals surface area contributed by atoms with Crippen molar-refractivity contribution in [1.82, 2.24) is 20.2 Å². The second-order valence-electron chi connectivity index (χ2n) is 5.06. The minimum Gasteiger partial charge on any atom is -0.348 e. The van der Waals surface area contributed by atoms with Gasteiger partial charge in [0.1, 0.15) is 0 Å². The third-order valence-electron chi connectivity index (χ3n) is 3.30. The predicted octanol–water partition coefficient (Wildman–Crippen LogP) is -0.0685. The van der Waals surface area contributed by atoms with Crippen molar-refractivity contribution in [2.24, 2.45) is 11.5 Å². The summed E-state index contributed by atoms with van der Waals surface area (Å²) in [4.78, 5) is 9.70. The molecule has 6 nitrogen and oxygen atoms in total. The maximum absolute atomic E-state index is 5.61. The van der Waals surface area contributed by atoms with Crippen LogP contribution in [0.3, 0.4) is 0 Å². The summed E-state index contributed by atoms with van der Waals surface area (Å²) in [6, 6.07) is 0. The Balaban J connectivity index is 2.13. The van der Waals surface area contributed by atoms with Gasteiger partial charge in [-0.1, -0.05) is 0 Å². The van der Waals surface area contributed by atoms with Crippen LogP contribution in [-0.4, -0.2) is 60.7 Å². The monoisotopic (exact) mass is 282 g/mol. The number of aromatic amines is 1. The first-order chi connectivity index (χ1) is 9.86. The minimum atomic E-state index is 0.709. The van der Waals surface area contributed by atoms with Crippen molar-refractivity contribution in [2.45, 2.75) is 25.7 Å². The van der Waals surface area contributed by atoms with Gasteiger partial charge in [0.2, 0.25) is 0 Å². The fraction of sp³-hybridized carbons (Fsp3) is 0.786. The standard InChI is InChI=1S/C14H30N6/c15-5-2-10-20(11-3-7-17-8-6-16)9-1-4-14-12-18-13-19-14/h12-13,17H,1-11,15-16H2,(H,18,19). The summed E-state index contributed by atoms with van der Waals surface area (Å²) in [6.45, 7) is 6.76. The summed E-state index contributed by atoms with van der Waals surface area (Å²) in [7, 11) is 0. The first kappa shape index (κ1) is 17.1. The largest absolute Gasteiger partial charge is 0.348 e. The molecule has 0 amide bonds. The highest BCUT2D eigenvalue weighted by molar-refractivity contribution is 4.93. The van der Waals surface area contributed by atoms with Crippen molar-refractivity contribution in [2.75, 3.05) is 45.8 Å². The van der Waals surface area contributed by atoms with Gasteiger partial charge in [0, 0.05) is 25.0 Å². The van der Waals surface area contributed by atoms with Crippen LogP contribution < -0.4 is 16.8 Å². The minimum absolute atomic E-state index is 0.709. The van der Waals surface area contributed by atoms with Gasteiger partial charge in [0.25, 0.3) is 0 Å². The van der Waals surface area contributed by atoms with Gasteiger partial charge < -0.3 is 26.7 Å². The molecule has 6 heteroatoms. The van der Waals surface area contributed by atoms with Crippen LogP contribution in [0.5, 0.6) is 0 Å². The van der Waals surface area contributed by atoms with Crippen LogP contribution in [0.25, 0.3) is 0 Å². The van der Waals surface area contributed by atoms with Crippen molar-refractivity contribution in [1.29, 1.82) is 0 Å². The molecule has 0 aliphatic carbocycles. The van der Waals surface area contributed by atoms with Crippen LogP contribution in [0.4, 0.5) is 0 Å². The van der Waals surface area contributed by atoms with Crippen molar-refractivity contribution in [3.63, 3.8) is 0 Å². The van der Waals surface area contributed by atoms with E-state index in [1.165, 1.54) is 5.69 Å². The Morgan fingerprint density at radius 1 is 1.05 bits per heavy atom. The Bertz CT molecular complexity index is 301. The quantitative estimate of drug-likeness (QED) is 0.380. The lowest BCUT2D eigenvalue weighted by atomic mass is 10.2. The summed E-state index contributed by atoms with van der Waals surface area (Å²) < 4.78 is 0. The summed E-state index contributed by atoms with van der Waals surface area (Å²) in [5.74, 6) is 0. The lowest BCUT2D eigenvalue weighted by Crippen LogP contribution is -2.31. The zero-order chi connectivity index (χ0) is 14.5. The van der Waals surface area contributed by atoms with E-state index in [-0.39, 0.29) is 0 Å². The highest BCUT2D eigenvalue weighted by Gasteiger charge is 2.04. The van der Waals surface area contributed by atoms with Gasteiger partial charge in [-0.25, -0.2) is 4.98 Å². The Hall–Kier alpha value is -0.950. The number of nitrogens with one attached hydrogen (secondary N) is 2. The fourth-order valence-electron chi connectivity index (χ4n) is 2.22.